The van der Waals surface area contributed by atoms with E-state index in [4.69, 9.17) is 21.4 Å². The van der Waals surface area contributed by atoms with E-state index < -0.39 is 18.4 Å². The van der Waals surface area contributed by atoms with Crippen LogP contribution in [0.15, 0.2) is 71.7 Å². The highest BCUT2D eigenvalue weighted by Crippen LogP contribution is 2.28. The second-order valence-electron chi connectivity index (χ2n) is 5.66. The molecule has 0 unspecified atom stereocenters. The van der Waals surface area contributed by atoms with Gasteiger partial charge in [0.2, 0.25) is 0 Å². The Bertz CT molecular complexity index is 1000. The van der Waals surface area contributed by atoms with Gasteiger partial charge in [-0.3, -0.25) is 4.99 Å². The zero-order chi connectivity index (χ0) is 19.2. The number of rotatable bonds is 6. The van der Waals surface area contributed by atoms with Gasteiger partial charge in [0.1, 0.15) is 0 Å². The van der Waals surface area contributed by atoms with Gasteiger partial charge in [-0.2, -0.15) is 0 Å². The fraction of sp³-hybridized carbons (Fsp3) is 0.0476. The number of carboxylic acids is 1. The third-order valence-electron chi connectivity index (χ3n) is 3.70. The molecule has 6 heteroatoms. The van der Waals surface area contributed by atoms with E-state index in [-0.39, 0.29) is 5.75 Å². The lowest BCUT2D eigenvalue weighted by Gasteiger charge is -2.06. The summed E-state index contributed by atoms with van der Waals surface area (Å²) in [7, 11) is 0. The molecule has 0 aromatic heterocycles. The Labute approximate surface area is 160 Å². The van der Waals surface area contributed by atoms with Crippen molar-refractivity contribution in [1.29, 1.82) is 0 Å². The molecule has 0 aliphatic rings. The van der Waals surface area contributed by atoms with Gasteiger partial charge in [0.25, 0.3) is 0 Å². The molecule has 3 rings (SSSR count). The van der Waals surface area contributed by atoms with Crippen molar-refractivity contribution in [3.05, 3.63) is 83.1 Å². The Balaban J connectivity index is 1.78. The van der Waals surface area contributed by atoms with Crippen molar-refractivity contribution in [2.75, 3.05) is 6.61 Å². The van der Waals surface area contributed by atoms with Gasteiger partial charge in [0.15, 0.2) is 18.2 Å². The van der Waals surface area contributed by atoms with Crippen LogP contribution in [0.1, 0.15) is 5.56 Å². The Morgan fingerprint density at radius 3 is 2.67 bits per heavy atom. The summed E-state index contributed by atoms with van der Waals surface area (Å²) < 4.78 is 18.8. The van der Waals surface area contributed by atoms with E-state index in [2.05, 4.69) is 4.99 Å². The average Bonchev–Trinajstić information content (AvgIpc) is 2.66. The summed E-state index contributed by atoms with van der Waals surface area (Å²) in [6, 6.07) is 19.3. The second kappa shape index (κ2) is 8.47. The number of carboxylic acid groups (broad SMARTS) is 1. The van der Waals surface area contributed by atoms with Crippen LogP contribution >= 0.6 is 11.6 Å². The van der Waals surface area contributed by atoms with E-state index in [1.807, 2.05) is 48.5 Å². The summed E-state index contributed by atoms with van der Waals surface area (Å²) in [5.41, 5.74) is 3.09. The van der Waals surface area contributed by atoms with Crippen molar-refractivity contribution in [3.63, 3.8) is 0 Å². The van der Waals surface area contributed by atoms with Crippen LogP contribution in [0.5, 0.6) is 5.75 Å². The first-order chi connectivity index (χ1) is 13.0. The second-order valence-corrected chi connectivity index (χ2v) is 6.07. The standard InChI is InChI=1S/C21H15ClFNO3/c22-18-7-2-1-6-17(18)15-5-3-4-14(10-15)12-24-16-8-9-20(19(23)11-16)27-13-21(25)26/h1-12H,13H2,(H,25,26). The van der Waals surface area contributed by atoms with Gasteiger partial charge in [-0.05, 0) is 35.4 Å². The highest BCUT2D eigenvalue weighted by Gasteiger charge is 2.07. The van der Waals surface area contributed by atoms with Crippen LogP contribution in [0.2, 0.25) is 5.02 Å². The number of ether oxygens (including phenoxy) is 1. The molecule has 27 heavy (non-hydrogen) atoms. The molecule has 0 heterocycles. The first-order valence-corrected chi connectivity index (χ1v) is 8.44. The maximum atomic E-state index is 13.9. The monoisotopic (exact) mass is 383 g/mol. The topological polar surface area (TPSA) is 58.9 Å². The van der Waals surface area contributed by atoms with E-state index >= 15 is 0 Å². The summed E-state index contributed by atoms with van der Waals surface area (Å²) >= 11 is 6.24. The normalized spacial score (nSPS) is 10.9. The number of aliphatic carboxylic acids is 1. The van der Waals surface area contributed by atoms with Gasteiger partial charge in [-0.15, -0.1) is 0 Å². The van der Waals surface area contributed by atoms with Crippen LogP contribution in [-0.2, 0) is 4.79 Å². The summed E-state index contributed by atoms with van der Waals surface area (Å²) in [5, 5.41) is 9.23. The average molecular weight is 384 g/mol. The lowest BCUT2D eigenvalue weighted by molar-refractivity contribution is -0.139. The minimum atomic E-state index is -1.17. The van der Waals surface area contributed by atoms with Crippen LogP contribution < -0.4 is 4.74 Å². The number of hydrogen-bond acceptors (Lipinski definition) is 3. The van der Waals surface area contributed by atoms with E-state index in [1.54, 1.807) is 12.3 Å². The highest BCUT2D eigenvalue weighted by atomic mass is 35.5. The minimum Gasteiger partial charge on any atom is -0.479 e. The van der Waals surface area contributed by atoms with Crippen LogP contribution in [-0.4, -0.2) is 23.9 Å². The van der Waals surface area contributed by atoms with Crippen molar-refractivity contribution < 1.29 is 19.0 Å². The van der Waals surface area contributed by atoms with E-state index in [0.717, 1.165) is 16.7 Å². The first kappa shape index (κ1) is 18.6. The molecule has 0 spiro atoms. The van der Waals surface area contributed by atoms with Crippen molar-refractivity contribution in [2.24, 2.45) is 4.99 Å². The number of nitrogens with zero attached hydrogens (tertiary/aromatic N) is 1. The molecule has 0 fully saturated rings. The van der Waals surface area contributed by atoms with Gasteiger partial charge >= 0.3 is 5.97 Å². The van der Waals surface area contributed by atoms with Crippen molar-refractivity contribution in [3.8, 4) is 16.9 Å². The molecule has 0 saturated heterocycles. The molecule has 0 radical (unpaired) electrons. The number of carbonyl (C=O) groups is 1. The Hall–Kier alpha value is -3.18. The predicted octanol–water partition coefficient (Wildman–Crippen LogP) is 5.36. The molecule has 136 valence electrons. The van der Waals surface area contributed by atoms with Gasteiger partial charge in [-0.1, -0.05) is 48.0 Å². The van der Waals surface area contributed by atoms with E-state index in [9.17, 15) is 9.18 Å². The SMILES string of the molecule is O=C(O)COc1ccc(N=Cc2cccc(-c3ccccc3Cl)c2)cc1F. The van der Waals surface area contributed by atoms with Gasteiger partial charge in [-0.25, -0.2) is 9.18 Å². The quantitative estimate of drug-likeness (QED) is 0.583. The first-order valence-electron chi connectivity index (χ1n) is 8.06. The molecule has 0 aliphatic heterocycles. The smallest absolute Gasteiger partial charge is 0.341 e. The Morgan fingerprint density at radius 2 is 1.93 bits per heavy atom. The zero-order valence-corrected chi connectivity index (χ0v) is 14.9. The third kappa shape index (κ3) is 4.92. The predicted molar refractivity (Wildman–Crippen MR) is 104 cm³/mol. The highest BCUT2D eigenvalue weighted by molar-refractivity contribution is 6.33. The molecular formula is C21H15ClFNO3. The Kier molecular flexibility index (Phi) is 5.84. The lowest BCUT2D eigenvalue weighted by atomic mass is 10.0. The fourth-order valence-corrected chi connectivity index (χ4v) is 2.70. The molecule has 0 atom stereocenters. The maximum Gasteiger partial charge on any atom is 0.341 e. The molecule has 3 aromatic rings. The zero-order valence-electron chi connectivity index (χ0n) is 14.1. The van der Waals surface area contributed by atoms with Gasteiger partial charge < -0.3 is 9.84 Å². The van der Waals surface area contributed by atoms with Crippen LogP contribution in [0, 0.1) is 5.82 Å². The molecule has 0 amide bonds. The maximum absolute atomic E-state index is 13.9. The molecule has 0 saturated carbocycles. The summed E-state index contributed by atoms with van der Waals surface area (Å²) in [5.74, 6) is -1.97. The third-order valence-corrected chi connectivity index (χ3v) is 4.03. The number of benzene rings is 3. The number of hydrogen-bond donors (Lipinski definition) is 1. The summed E-state index contributed by atoms with van der Waals surface area (Å²) in [6.07, 6.45) is 1.62. The van der Waals surface area contributed by atoms with Crippen molar-refractivity contribution >= 4 is 29.5 Å². The minimum absolute atomic E-state index is 0.128. The van der Waals surface area contributed by atoms with E-state index in [0.29, 0.717) is 10.7 Å². The number of halogens is 2. The van der Waals surface area contributed by atoms with Crippen LogP contribution in [0.3, 0.4) is 0 Å². The Morgan fingerprint density at radius 1 is 1.11 bits per heavy atom. The molecule has 3 aromatic carbocycles. The largest absolute Gasteiger partial charge is 0.479 e. The van der Waals surface area contributed by atoms with Crippen LogP contribution in [0.25, 0.3) is 11.1 Å². The van der Waals surface area contributed by atoms with Gasteiger partial charge in [0, 0.05) is 22.9 Å². The summed E-state index contributed by atoms with van der Waals surface area (Å²) in [6.45, 7) is -0.603. The van der Waals surface area contributed by atoms with E-state index in [1.165, 1.54) is 12.1 Å². The van der Waals surface area contributed by atoms with Crippen molar-refractivity contribution in [1.82, 2.24) is 0 Å². The fourth-order valence-electron chi connectivity index (χ4n) is 2.46. The number of aliphatic imine (C=N–C) groups is 1. The molecular weight excluding hydrogens is 369 g/mol. The van der Waals surface area contributed by atoms with Gasteiger partial charge in [0.05, 0.1) is 5.69 Å². The molecule has 0 bridgehead atoms. The lowest BCUT2D eigenvalue weighted by Crippen LogP contribution is -2.10. The van der Waals surface area contributed by atoms with Crippen LogP contribution in [0.4, 0.5) is 10.1 Å². The molecule has 1 N–H and O–H groups in total. The molecule has 4 nitrogen and oxygen atoms in total. The van der Waals surface area contributed by atoms with Crippen molar-refractivity contribution in [2.45, 2.75) is 0 Å². The molecule has 0 aliphatic carbocycles. The summed E-state index contributed by atoms with van der Waals surface area (Å²) in [4.78, 5) is 14.7.